The molecule has 0 atom stereocenters. The van der Waals surface area contributed by atoms with Crippen molar-refractivity contribution in [2.45, 2.75) is 6.92 Å². The van der Waals surface area contributed by atoms with Crippen molar-refractivity contribution in [3.63, 3.8) is 0 Å². The van der Waals surface area contributed by atoms with E-state index in [9.17, 15) is 0 Å². The maximum Gasteiger partial charge on any atom is 0.179 e. The first-order valence-corrected chi connectivity index (χ1v) is 7.53. The molecule has 8 heteroatoms. The van der Waals surface area contributed by atoms with Crippen LogP contribution in [0.1, 0.15) is 5.69 Å². The van der Waals surface area contributed by atoms with Crippen LogP contribution in [0.25, 0.3) is 0 Å². The Morgan fingerprint density at radius 1 is 1.11 bits per heavy atom. The van der Waals surface area contributed by atoms with Crippen LogP contribution in [0.3, 0.4) is 0 Å². The maximum absolute atomic E-state index is 4.45. The second-order valence-corrected chi connectivity index (χ2v) is 7.17. The predicted molar refractivity (Wildman–Crippen MR) is 72.3 cm³/mol. The molecule has 0 fully saturated rings. The molecule has 0 unspecified atom stereocenters. The number of aryl methyl sites for hydroxylation is 2. The SMILES string of the molecule is Cc1nn(C)pc1P(n1cccn1)n1cccn1. The quantitative estimate of drug-likeness (QED) is 0.686. The van der Waals surface area contributed by atoms with Gasteiger partial charge in [0.1, 0.15) is 0 Å². The van der Waals surface area contributed by atoms with Gasteiger partial charge in [0.15, 0.2) is 8.22 Å². The molecular weight excluding hydrogens is 266 g/mol. The molecule has 18 heavy (non-hydrogen) atoms. The number of nitrogens with zero attached hydrogens (tertiary/aromatic N) is 6. The molecule has 0 aliphatic rings. The van der Waals surface area contributed by atoms with Gasteiger partial charge < -0.3 is 0 Å². The third kappa shape index (κ3) is 1.98. The highest BCUT2D eigenvalue weighted by Crippen LogP contribution is 2.39. The zero-order valence-electron chi connectivity index (χ0n) is 10.0. The fourth-order valence-electron chi connectivity index (χ4n) is 1.71. The van der Waals surface area contributed by atoms with E-state index in [4.69, 9.17) is 0 Å². The average Bonchev–Trinajstić information content (AvgIpc) is 3.04. The van der Waals surface area contributed by atoms with Crippen molar-refractivity contribution >= 4 is 21.6 Å². The average molecular weight is 278 g/mol. The molecule has 0 saturated heterocycles. The first-order chi connectivity index (χ1) is 8.75. The minimum atomic E-state index is -0.801. The molecule has 0 aliphatic carbocycles. The second-order valence-electron chi connectivity index (χ2n) is 3.74. The van der Waals surface area contributed by atoms with E-state index in [1.54, 1.807) is 12.4 Å². The lowest BCUT2D eigenvalue weighted by molar-refractivity contribution is 0.825. The predicted octanol–water partition coefficient (Wildman–Crippen LogP) is 1.74. The highest BCUT2D eigenvalue weighted by atomic mass is 31.2. The lowest BCUT2D eigenvalue weighted by Crippen LogP contribution is -2.13. The summed E-state index contributed by atoms with van der Waals surface area (Å²) in [6.07, 6.45) is 7.53. The summed E-state index contributed by atoms with van der Waals surface area (Å²) in [6.45, 7) is 2.04. The van der Waals surface area contributed by atoms with E-state index in [0.29, 0.717) is 0 Å². The van der Waals surface area contributed by atoms with E-state index in [0.717, 1.165) is 14.0 Å². The summed E-state index contributed by atoms with van der Waals surface area (Å²) in [5.74, 6) is 0. The van der Waals surface area contributed by atoms with Crippen molar-refractivity contribution in [3.05, 3.63) is 42.6 Å². The molecule has 0 aliphatic heterocycles. The molecule has 92 valence electrons. The van der Waals surface area contributed by atoms with E-state index in [1.165, 1.54) is 5.04 Å². The third-order valence-corrected chi connectivity index (χ3v) is 6.07. The Morgan fingerprint density at radius 3 is 2.11 bits per heavy atom. The molecular formula is C10H12N6P2. The topological polar surface area (TPSA) is 53.5 Å². The van der Waals surface area contributed by atoms with Gasteiger partial charge in [-0.15, -0.1) is 0 Å². The molecule has 0 radical (unpaired) electrons. The van der Waals surface area contributed by atoms with E-state index in [2.05, 4.69) is 15.3 Å². The van der Waals surface area contributed by atoms with Crippen LogP contribution in [-0.4, -0.2) is 28.6 Å². The van der Waals surface area contributed by atoms with Crippen LogP contribution in [0, 0.1) is 6.92 Å². The fraction of sp³-hybridized carbons (Fsp3) is 0.200. The van der Waals surface area contributed by atoms with Crippen molar-refractivity contribution in [2.75, 3.05) is 0 Å². The molecule has 0 amide bonds. The zero-order valence-corrected chi connectivity index (χ0v) is 11.8. The summed E-state index contributed by atoms with van der Waals surface area (Å²) >= 11 is 0. The molecule has 3 aromatic rings. The molecule has 0 N–H and O–H groups in total. The highest BCUT2D eigenvalue weighted by Gasteiger charge is 2.22. The van der Waals surface area contributed by atoms with Gasteiger partial charge >= 0.3 is 0 Å². The van der Waals surface area contributed by atoms with Gasteiger partial charge in [-0.2, -0.15) is 15.3 Å². The smallest absolute Gasteiger partial charge is 0.179 e. The van der Waals surface area contributed by atoms with Gasteiger partial charge in [-0.25, -0.2) is 13.3 Å². The van der Waals surface area contributed by atoms with Crippen LogP contribution in [0.4, 0.5) is 0 Å². The van der Waals surface area contributed by atoms with E-state index < -0.39 is 8.22 Å². The largest absolute Gasteiger partial charge is 0.249 e. The number of rotatable bonds is 3. The lowest BCUT2D eigenvalue weighted by Gasteiger charge is -2.15. The second kappa shape index (κ2) is 4.63. The normalized spacial score (nSPS) is 11.7. The molecule has 6 nitrogen and oxygen atoms in total. The van der Waals surface area contributed by atoms with Crippen molar-refractivity contribution < 1.29 is 0 Å². The van der Waals surface area contributed by atoms with E-state index >= 15 is 0 Å². The minimum absolute atomic E-state index is 0.801. The van der Waals surface area contributed by atoms with Gasteiger partial charge in [-0.05, 0) is 19.1 Å². The van der Waals surface area contributed by atoms with Crippen LogP contribution in [0.15, 0.2) is 36.9 Å². The minimum Gasteiger partial charge on any atom is -0.249 e. The van der Waals surface area contributed by atoms with Gasteiger partial charge in [0, 0.05) is 40.2 Å². The molecule has 3 aromatic heterocycles. The van der Waals surface area contributed by atoms with Crippen molar-refractivity contribution in [3.8, 4) is 0 Å². The van der Waals surface area contributed by atoms with Gasteiger partial charge in [-0.1, -0.05) is 0 Å². The van der Waals surface area contributed by atoms with Crippen LogP contribution < -0.4 is 5.04 Å². The highest BCUT2D eigenvalue weighted by molar-refractivity contribution is 7.71. The van der Waals surface area contributed by atoms with Gasteiger partial charge in [-0.3, -0.25) is 0 Å². The standard InChI is InChI=1S/C10H12N6P2/c1-9-10(17-14(2)13-9)18(15-7-3-5-11-15)16-8-4-6-12-16/h3-8H,1-2H3. The molecule has 3 rings (SSSR count). The maximum atomic E-state index is 4.45. The Hall–Kier alpha value is -1.51. The summed E-state index contributed by atoms with van der Waals surface area (Å²) in [4.78, 5) is 0. The summed E-state index contributed by atoms with van der Waals surface area (Å²) in [5.41, 5.74) is 1.05. The zero-order chi connectivity index (χ0) is 12.5. The number of hydrogen-bond acceptors (Lipinski definition) is 3. The Balaban J connectivity index is 2.14. The molecule has 0 spiro atoms. The monoisotopic (exact) mass is 278 g/mol. The lowest BCUT2D eigenvalue weighted by atomic mass is 10.6. The number of aromatic nitrogens is 6. The Bertz CT molecular complexity index is 593. The summed E-state index contributed by atoms with van der Waals surface area (Å²) < 4.78 is 5.85. The van der Waals surface area contributed by atoms with E-state index in [1.807, 2.05) is 51.8 Å². The molecule has 0 saturated carbocycles. The van der Waals surface area contributed by atoms with Crippen LogP contribution in [0.2, 0.25) is 0 Å². The third-order valence-electron chi connectivity index (χ3n) is 2.42. The van der Waals surface area contributed by atoms with Gasteiger partial charge in [0.05, 0.1) is 10.7 Å². The molecule has 3 heterocycles. The Kier molecular flexibility index (Phi) is 2.98. The van der Waals surface area contributed by atoms with Gasteiger partial charge in [0.2, 0.25) is 0 Å². The Morgan fingerprint density at radius 2 is 1.72 bits per heavy atom. The van der Waals surface area contributed by atoms with Crippen LogP contribution in [-0.2, 0) is 7.05 Å². The summed E-state index contributed by atoms with van der Waals surface area (Å²) in [7, 11) is 2.27. The van der Waals surface area contributed by atoms with E-state index in [-0.39, 0.29) is 0 Å². The molecule has 0 bridgehead atoms. The molecule has 0 aromatic carbocycles. The summed E-state index contributed by atoms with van der Waals surface area (Å²) in [5, 5.41) is 14.4. The summed E-state index contributed by atoms with van der Waals surface area (Å²) in [6, 6.07) is 3.86. The van der Waals surface area contributed by atoms with Crippen molar-refractivity contribution in [1.29, 1.82) is 0 Å². The van der Waals surface area contributed by atoms with Crippen LogP contribution >= 0.6 is 16.6 Å². The fourth-order valence-corrected chi connectivity index (χ4v) is 5.24. The first kappa shape index (κ1) is 11.6. The van der Waals surface area contributed by atoms with Crippen LogP contribution in [0.5, 0.6) is 0 Å². The first-order valence-electron chi connectivity index (χ1n) is 5.43. The van der Waals surface area contributed by atoms with Crippen molar-refractivity contribution in [1.82, 2.24) is 28.6 Å². The van der Waals surface area contributed by atoms with Gasteiger partial charge in [0.25, 0.3) is 0 Å². The van der Waals surface area contributed by atoms with Crippen molar-refractivity contribution in [2.24, 2.45) is 7.05 Å². The Labute approximate surface area is 107 Å². The number of hydrogen-bond donors (Lipinski definition) is 0.